The van der Waals surface area contributed by atoms with E-state index in [0.717, 1.165) is 25.7 Å². The Balaban J connectivity index is 2.42. The molecular weight excluding hydrogens is 434 g/mol. The zero-order chi connectivity index (χ0) is 25.5. The number of aromatic hydroxyl groups is 1. The van der Waals surface area contributed by atoms with Crippen molar-refractivity contribution < 1.29 is 24.2 Å². The van der Waals surface area contributed by atoms with Crippen molar-refractivity contribution in [2.45, 2.75) is 97.4 Å². The molecule has 3 N–H and O–H groups in total. The largest absolute Gasteiger partial charge is 0.508 e. The number of unbranched alkanes of at least 4 members (excludes halogenated alkanes) is 1. The minimum Gasteiger partial charge on any atom is -0.508 e. The average Bonchev–Trinajstić information content (AvgIpc) is 3.58. The third-order valence-electron chi connectivity index (χ3n) is 5.89. The van der Waals surface area contributed by atoms with Crippen molar-refractivity contribution >= 4 is 17.9 Å². The Morgan fingerprint density at radius 3 is 2.41 bits per heavy atom. The summed E-state index contributed by atoms with van der Waals surface area (Å²) in [5.41, 5.74) is -0.165. The molecule has 0 heterocycles. The normalized spacial score (nSPS) is 16.2. The van der Waals surface area contributed by atoms with Crippen LogP contribution >= 0.6 is 0 Å². The fourth-order valence-electron chi connectivity index (χ4n) is 3.77. The van der Waals surface area contributed by atoms with Crippen LogP contribution in [0.15, 0.2) is 24.3 Å². The number of benzene rings is 1. The molecule has 2 rings (SSSR count). The first-order chi connectivity index (χ1) is 16.0. The van der Waals surface area contributed by atoms with Crippen molar-refractivity contribution in [1.29, 1.82) is 0 Å². The molecule has 190 valence electrons. The summed E-state index contributed by atoms with van der Waals surface area (Å²) < 4.78 is 5.41. The fraction of sp³-hybridized carbons (Fsp3) is 0.654. The van der Waals surface area contributed by atoms with Gasteiger partial charge in [0, 0.05) is 12.6 Å². The molecule has 0 spiro atoms. The number of rotatable bonds is 11. The molecule has 1 aromatic rings. The molecule has 0 radical (unpaired) electrons. The van der Waals surface area contributed by atoms with Crippen molar-refractivity contribution in [2.75, 3.05) is 6.54 Å². The van der Waals surface area contributed by atoms with Gasteiger partial charge in [0.2, 0.25) is 11.8 Å². The highest BCUT2D eigenvalue weighted by Gasteiger charge is 2.45. The van der Waals surface area contributed by atoms with Crippen LogP contribution in [0.1, 0.15) is 85.3 Å². The summed E-state index contributed by atoms with van der Waals surface area (Å²) in [5.74, 6) is -0.757. The quantitative estimate of drug-likeness (QED) is 0.414. The number of carbonyl (C=O) groups is 3. The Kier molecular flexibility index (Phi) is 9.77. The third kappa shape index (κ3) is 7.92. The first-order valence-electron chi connectivity index (χ1n) is 12.4. The number of alkyl carbamates (subject to hydrolysis) is 1. The van der Waals surface area contributed by atoms with Crippen molar-refractivity contribution in [2.24, 2.45) is 5.92 Å². The van der Waals surface area contributed by atoms with E-state index in [1.54, 1.807) is 37.8 Å². The molecule has 3 amide bonds. The maximum absolute atomic E-state index is 14.0. The number of nitrogens with one attached hydrogen (secondary N) is 2. The first kappa shape index (κ1) is 27.5. The molecule has 0 aliphatic heterocycles. The zero-order valence-corrected chi connectivity index (χ0v) is 21.4. The van der Waals surface area contributed by atoms with E-state index in [-0.39, 0.29) is 29.5 Å². The van der Waals surface area contributed by atoms with Crippen LogP contribution in [0.3, 0.4) is 0 Å². The molecule has 1 aliphatic carbocycles. The fourth-order valence-corrected chi connectivity index (χ4v) is 3.77. The van der Waals surface area contributed by atoms with Gasteiger partial charge in [0.15, 0.2) is 0 Å². The van der Waals surface area contributed by atoms with Crippen molar-refractivity contribution in [3.8, 4) is 5.75 Å². The summed E-state index contributed by atoms with van der Waals surface area (Å²) in [4.78, 5) is 41.5. The summed E-state index contributed by atoms with van der Waals surface area (Å²) in [6, 6.07) is 4.60. The molecule has 1 fully saturated rings. The van der Waals surface area contributed by atoms with Gasteiger partial charge in [-0.15, -0.1) is 0 Å². The van der Waals surface area contributed by atoms with Gasteiger partial charge < -0.3 is 25.4 Å². The summed E-state index contributed by atoms with van der Waals surface area (Å²) in [7, 11) is 0. The number of phenols is 1. The molecule has 1 aliphatic rings. The summed E-state index contributed by atoms with van der Waals surface area (Å²) in [6.07, 6.45) is 3.31. The van der Waals surface area contributed by atoms with Crippen molar-refractivity contribution in [1.82, 2.24) is 15.5 Å². The molecule has 3 atom stereocenters. The van der Waals surface area contributed by atoms with Gasteiger partial charge in [0.25, 0.3) is 0 Å². The molecule has 1 saturated carbocycles. The van der Waals surface area contributed by atoms with E-state index in [1.807, 2.05) is 20.8 Å². The van der Waals surface area contributed by atoms with Gasteiger partial charge in [-0.2, -0.15) is 0 Å². The highest BCUT2D eigenvalue weighted by Crippen LogP contribution is 2.37. The second-order valence-electron chi connectivity index (χ2n) is 10.1. The number of hydrogen-bond donors (Lipinski definition) is 3. The second-order valence-corrected chi connectivity index (χ2v) is 10.1. The average molecular weight is 476 g/mol. The van der Waals surface area contributed by atoms with Gasteiger partial charge in [0.1, 0.15) is 23.4 Å². The zero-order valence-electron chi connectivity index (χ0n) is 21.4. The van der Waals surface area contributed by atoms with Crippen molar-refractivity contribution in [3.05, 3.63) is 29.8 Å². The van der Waals surface area contributed by atoms with Crippen LogP contribution in [0.25, 0.3) is 0 Å². The van der Waals surface area contributed by atoms with Gasteiger partial charge in [0.05, 0.1) is 0 Å². The topological polar surface area (TPSA) is 108 Å². The molecule has 0 bridgehead atoms. The number of amides is 3. The van der Waals surface area contributed by atoms with E-state index in [2.05, 4.69) is 10.6 Å². The smallest absolute Gasteiger partial charge is 0.408 e. The maximum atomic E-state index is 14.0. The van der Waals surface area contributed by atoms with Crippen LogP contribution in [0.5, 0.6) is 5.75 Å². The van der Waals surface area contributed by atoms with Crippen LogP contribution in [0.2, 0.25) is 0 Å². The summed E-state index contributed by atoms with van der Waals surface area (Å²) in [6.45, 7) is 11.7. The van der Waals surface area contributed by atoms with Crippen molar-refractivity contribution in [3.63, 3.8) is 0 Å². The van der Waals surface area contributed by atoms with Crippen LogP contribution in [0, 0.1) is 5.92 Å². The Bertz CT molecular complexity index is 847. The molecule has 1 aromatic carbocycles. The van der Waals surface area contributed by atoms with Gasteiger partial charge >= 0.3 is 6.09 Å². The lowest BCUT2D eigenvalue weighted by Gasteiger charge is -2.36. The van der Waals surface area contributed by atoms with E-state index in [0.29, 0.717) is 18.5 Å². The number of hydrogen-bond acceptors (Lipinski definition) is 5. The number of phenolic OH excluding ortho intramolecular Hbond substituents is 1. The number of ether oxygens (including phenoxy) is 1. The molecule has 3 unspecified atom stereocenters. The maximum Gasteiger partial charge on any atom is 0.408 e. The monoisotopic (exact) mass is 475 g/mol. The number of carbonyl (C=O) groups excluding carboxylic acids is 3. The molecule has 8 heteroatoms. The van der Waals surface area contributed by atoms with Crippen LogP contribution in [-0.4, -0.2) is 52.1 Å². The SMILES string of the molecule is CCCCNC(=O)C(c1cccc(O)c1)N(C(=O)C(NC(=O)OC(C)(C)C)C(C)CC)C1CC1. The second kappa shape index (κ2) is 12.1. The molecule has 34 heavy (non-hydrogen) atoms. The highest BCUT2D eigenvalue weighted by molar-refractivity contribution is 5.92. The first-order valence-corrected chi connectivity index (χ1v) is 12.4. The van der Waals surface area contributed by atoms with E-state index in [4.69, 9.17) is 4.74 Å². The van der Waals surface area contributed by atoms with E-state index in [9.17, 15) is 19.5 Å². The Hall–Kier alpha value is -2.77. The predicted molar refractivity (Wildman–Crippen MR) is 131 cm³/mol. The Morgan fingerprint density at radius 1 is 1.21 bits per heavy atom. The van der Waals surface area contributed by atoms with Crippen LogP contribution < -0.4 is 10.6 Å². The third-order valence-corrected chi connectivity index (χ3v) is 5.89. The van der Waals surface area contributed by atoms with Gasteiger partial charge in [-0.1, -0.05) is 45.7 Å². The van der Waals surface area contributed by atoms with E-state index >= 15 is 0 Å². The van der Waals surface area contributed by atoms with Crippen LogP contribution in [0.4, 0.5) is 4.79 Å². The Labute approximate surface area is 203 Å². The molecular formula is C26H41N3O5. The standard InChI is InChI=1S/C26H41N3O5/c1-7-9-15-27-23(31)22(18-11-10-12-20(30)16-18)29(19-13-14-19)24(32)21(17(3)8-2)28-25(33)34-26(4,5)6/h10-12,16-17,19,21-22,30H,7-9,13-15H2,1-6H3,(H,27,31)(H,28,33). The van der Waals surface area contributed by atoms with E-state index < -0.39 is 23.8 Å². The molecule has 8 nitrogen and oxygen atoms in total. The van der Waals surface area contributed by atoms with Gasteiger partial charge in [-0.05, 0) is 63.6 Å². The predicted octanol–water partition coefficient (Wildman–Crippen LogP) is 4.28. The Morgan fingerprint density at radius 2 is 1.88 bits per heavy atom. The molecule has 0 aromatic heterocycles. The minimum atomic E-state index is -0.907. The summed E-state index contributed by atoms with van der Waals surface area (Å²) in [5, 5.41) is 15.8. The lowest BCUT2D eigenvalue weighted by atomic mass is 9.95. The summed E-state index contributed by atoms with van der Waals surface area (Å²) >= 11 is 0. The lowest BCUT2D eigenvalue weighted by molar-refractivity contribution is -0.144. The van der Waals surface area contributed by atoms with Gasteiger partial charge in [-0.25, -0.2) is 4.79 Å². The lowest BCUT2D eigenvalue weighted by Crippen LogP contribution is -2.55. The van der Waals surface area contributed by atoms with Crippen LogP contribution in [-0.2, 0) is 14.3 Å². The highest BCUT2D eigenvalue weighted by atomic mass is 16.6. The van der Waals surface area contributed by atoms with Gasteiger partial charge in [-0.3, -0.25) is 9.59 Å². The molecule has 0 saturated heterocycles. The van der Waals surface area contributed by atoms with E-state index in [1.165, 1.54) is 12.1 Å². The minimum absolute atomic E-state index is 0.0254. The number of nitrogens with zero attached hydrogens (tertiary/aromatic N) is 1.